The first-order chi connectivity index (χ1) is 12.7. The summed E-state index contributed by atoms with van der Waals surface area (Å²) < 4.78 is 10.4. The SMILES string of the molecule is CCOCCOC(=O)[C@H](C)Sc1ncnc2sc(-c3ccccc3)cc12. The molecule has 3 aromatic rings. The number of fused-ring (bicyclic) bond motifs is 1. The average molecular weight is 389 g/mol. The van der Waals surface area contributed by atoms with E-state index in [0.29, 0.717) is 13.2 Å². The van der Waals surface area contributed by atoms with E-state index < -0.39 is 0 Å². The lowest BCUT2D eigenvalue weighted by atomic mass is 10.2. The topological polar surface area (TPSA) is 61.3 Å². The molecule has 7 heteroatoms. The van der Waals surface area contributed by atoms with Gasteiger partial charge < -0.3 is 9.47 Å². The van der Waals surface area contributed by atoms with Crippen molar-refractivity contribution in [3.63, 3.8) is 0 Å². The van der Waals surface area contributed by atoms with Crippen LogP contribution >= 0.6 is 23.1 Å². The third-order valence-electron chi connectivity index (χ3n) is 3.65. The molecular formula is C19H20N2O3S2. The number of nitrogens with zero attached hydrogens (tertiary/aromatic N) is 2. The predicted octanol–water partition coefficient (Wildman–Crippen LogP) is 4.42. The predicted molar refractivity (Wildman–Crippen MR) is 106 cm³/mol. The van der Waals surface area contributed by atoms with Crippen molar-refractivity contribution in [3.05, 3.63) is 42.7 Å². The van der Waals surface area contributed by atoms with E-state index in [-0.39, 0.29) is 17.8 Å². The van der Waals surface area contributed by atoms with Gasteiger partial charge in [0.25, 0.3) is 0 Å². The second-order valence-electron chi connectivity index (χ2n) is 5.50. The molecule has 136 valence electrons. The molecule has 0 aliphatic heterocycles. The van der Waals surface area contributed by atoms with Gasteiger partial charge in [-0.25, -0.2) is 9.97 Å². The second kappa shape index (κ2) is 9.12. The van der Waals surface area contributed by atoms with Crippen molar-refractivity contribution in [3.8, 4) is 10.4 Å². The Balaban J connectivity index is 1.73. The van der Waals surface area contributed by atoms with Crippen molar-refractivity contribution in [1.82, 2.24) is 9.97 Å². The smallest absolute Gasteiger partial charge is 0.319 e. The summed E-state index contributed by atoms with van der Waals surface area (Å²) in [5, 5.41) is 1.41. The van der Waals surface area contributed by atoms with Crippen molar-refractivity contribution in [2.24, 2.45) is 0 Å². The fourth-order valence-electron chi connectivity index (χ4n) is 2.35. The molecule has 0 bridgehead atoms. The van der Waals surface area contributed by atoms with Gasteiger partial charge in [-0.05, 0) is 25.5 Å². The van der Waals surface area contributed by atoms with Gasteiger partial charge in [0, 0.05) is 16.9 Å². The molecule has 2 aromatic heterocycles. The lowest BCUT2D eigenvalue weighted by molar-refractivity contribution is -0.144. The standard InChI is InChI=1S/C19H20N2O3S2/c1-3-23-9-10-24-19(22)13(2)25-17-15-11-16(14-7-5-4-6-8-14)26-18(15)21-12-20-17/h4-8,11-13H,3,9-10H2,1-2H3/t13-/m0/s1. The summed E-state index contributed by atoms with van der Waals surface area (Å²) in [5.74, 6) is -0.264. The van der Waals surface area contributed by atoms with Crippen LogP contribution in [0.5, 0.6) is 0 Å². The fraction of sp³-hybridized carbons (Fsp3) is 0.316. The third-order valence-corrected chi connectivity index (χ3v) is 5.83. The van der Waals surface area contributed by atoms with Gasteiger partial charge >= 0.3 is 5.97 Å². The quantitative estimate of drug-likeness (QED) is 0.246. The lowest BCUT2D eigenvalue weighted by Gasteiger charge is -2.11. The van der Waals surface area contributed by atoms with E-state index in [1.54, 1.807) is 17.7 Å². The monoisotopic (exact) mass is 388 g/mol. The van der Waals surface area contributed by atoms with Gasteiger partial charge in [0.2, 0.25) is 0 Å². The lowest BCUT2D eigenvalue weighted by Crippen LogP contribution is -2.19. The van der Waals surface area contributed by atoms with Crippen molar-refractivity contribution < 1.29 is 14.3 Å². The molecule has 0 unspecified atom stereocenters. The van der Waals surface area contributed by atoms with Gasteiger partial charge in [-0.3, -0.25) is 4.79 Å². The van der Waals surface area contributed by atoms with Crippen molar-refractivity contribution in [2.45, 2.75) is 24.1 Å². The number of aromatic nitrogens is 2. The van der Waals surface area contributed by atoms with E-state index in [1.165, 1.54) is 11.8 Å². The molecule has 5 nitrogen and oxygen atoms in total. The Morgan fingerprint density at radius 1 is 1.23 bits per heavy atom. The molecule has 2 heterocycles. The number of thioether (sulfide) groups is 1. The Kier molecular flexibility index (Phi) is 6.60. The summed E-state index contributed by atoms with van der Waals surface area (Å²) in [4.78, 5) is 22.9. The van der Waals surface area contributed by atoms with Gasteiger partial charge in [0.1, 0.15) is 28.0 Å². The van der Waals surface area contributed by atoms with Crippen LogP contribution in [-0.2, 0) is 14.3 Å². The summed E-state index contributed by atoms with van der Waals surface area (Å²) in [6.45, 7) is 5.04. The molecule has 0 saturated carbocycles. The highest BCUT2D eigenvalue weighted by Crippen LogP contribution is 2.37. The van der Waals surface area contributed by atoms with E-state index in [4.69, 9.17) is 9.47 Å². The maximum absolute atomic E-state index is 12.1. The van der Waals surface area contributed by atoms with Gasteiger partial charge in [0.05, 0.1) is 6.61 Å². The zero-order chi connectivity index (χ0) is 18.4. The summed E-state index contributed by atoms with van der Waals surface area (Å²) in [5.41, 5.74) is 1.15. The van der Waals surface area contributed by atoms with Crippen LogP contribution in [-0.4, -0.2) is 41.0 Å². The maximum Gasteiger partial charge on any atom is 0.319 e. The second-order valence-corrected chi connectivity index (χ2v) is 7.86. The van der Waals surface area contributed by atoms with Crippen LogP contribution in [0.25, 0.3) is 20.7 Å². The van der Waals surface area contributed by atoms with Gasteiger partial charge in [-0.15, -0.1) is 11.3 Å². The number of ether oxygens (including phenoxy) is 2. The highest BCUT2D eigenvalue weighted by Gasteiger charge is 2.19. The summed E-state index contributed by atoms with van der Waals surface area (Å²) in [6.07, 6.45) is 1.54. The number of carbonyl (C=O) groups excluding carboxylic acids is 1. The Morgan fingerprint density at radius 2 is 2.04 bits per heavy atom. The molecule has 26 heavy (non-hydrogen) atoms. The minimum atomic E-state index is -0.352. The molecule has 0 saturated heterocycles. The first-order valence-corrected chi connectivity index (χ1v) is 10.1. The summed E-state index contributed by atoms with van der Waals surface area (Å²) in [6, 6.07) is 12.3. The zero-order valence-corrected chi connectivity index (χ0v) is 16.3. The number of benzene rings is 1. The van der Waals surface area contributed by atoms with Crippen LogP contribution < -0.4 is 0 Å². The molecule has 3 rings (SSSR count). The van der Waals surface area contributed by atoms with Crippen molar-refractivity contribution in [2.75, 3.05) is 19.8 Å². The molecular weight excluding hydrogens is 368 g/mol. The number of thiophene rings is 1. The van der Waals surface area contributed by atoms with Crippen molar-refractivity contribution >= 4 is 39.3 Å². The number of rotatable bonds is 8. The largest absolute Gasteiger partial charge is 0.462 e. The van der Waals surface area contributed by atoms with Gasteiger partial charge in [0.15, 0.2) is 0 Å². The van der Waals surface area contributed by atoms with Gasteiger partial charge in [-0.2, -0.15) is 0 Å². The highest BCUT2D eigenvalue weighted by molar-refractivity contribution is 8.00. The molecule has 0 spiro atoms. The van der Waals surface area contributed by atoms with Crippen LogP contribution in [0.15, 0.2) is 47.8 Å². The van der Waals surface area contributed by atoms with Crippen LogP contribution in [0.1, 0.15) is 13.8 Å². The van der Waals surface area contributed by atoms with Crippen LogP contribution in [0.4, 0.5) is 0 Å². The molecule has 0 fully saturated rings. The first-order valence-electron chi connectivity index (χ1n) is 8.40. The normalized spacial score (nSPS) is 12.2. The molecule has 0 amide bonds. The third kappa shape index (κ3) is 4.60. The van der Waals surface area contributed by atoms with E-state index in [2.05, 4.69) is 28.2 Å². The number of carbonyl (C=O) groups is 1. The minimum absolute atomic E-state index is 0.264. The molecule has 0 radical (unpaired) electrons. The van der Waals surface area contributed by atoms with Crippen LogP contribution in [0, 0.1) is 0 Å². The maximum atomic E-state index is 12.1. The average Bonchev–Trinajstić information content (AvgIpc) is 3.11. The molecule has 0 aliphatic carbocycles. The first kappa shape index (κ1) is 18.8. The van der Waals surface area contributed by atoms with Crippen LogP contribution in [0.3, 0.4) is 0 Å². The van der Waals surface area contributed by atoms with Gasteiger partial charge in [-0.1, -0.05) is 42.1 Å². The fourth-order valence-corrected chi connectivity index (χ4v) is 4.31. The van der Waals surface area contributed by atoms with E-state index >= 15 is 0 Å². The van der Waals surface area contributed by atoms with Crippen LogP contribution in [0.2, 0.25) is 0 Å². The Hall–Kier alpha value is -1.96. The molecule has 1 aromatic carbocycles. The van der Waals surface area contributed by atoms with E-state index in [0.717, 1.165) is 25.7 Å². The van der Waals surface area contributed by atoms with Crippen molar-refractivity contribution in [1.29, 1.82) is 0 Å². The Morgan fingerprint density at radius 3 is 2.81 bits per heavy atom. The molecule has 1 atom stereocenters. The number of hydrogen-bond acceptors (Lipinski definition) is 7. The number of hydrogen-bond donors (Lipinski definition) is 0. The van der Waals surface area contributed by atoms with E-state index in [1.807, 2.05) is 32.0 Å². The van der Waals surface area contributed by atoms with E-state index in [9.17, 15) is 4.79 Å². The minimum Gasteiger partial charge on any atom is -0.462 e. The highest BCUT2D eigenvalue weighted by atomic mass is 32.2. The molecule has 0 aliphatic rings. The Labute approximate surface area is 160 Å². The Bertz CT molecular complexity index is 868. The zero-order valence-electron chi connectivity index (χ0n) is 14.7. The summed E-state index contributed by atoms with van der Waals surface area (Å²) in [7, 11) is 0. The molecule has 0 N–H and O–H groups in total. The summed E-state index contributed by atoms with van der Waals surface area (Å²) >= 11 is 3.02. The number of esters is 1.